The number of allylic oxidation sites excluding steroid dienone is 1. The van der Waals surface area contributed by atoms with Gasteiger partial charge in [-0.1, -0.05) is 43.2 Å². The van der Waals surface area contributed by atoms with Crippen LogP contribution >= 0.6 is 0 Å². The van der Waals surface area contributed by atoms with Crippen molar-refractivity contribution in [3.05, 3.63) is 66.2 Å². The highest BCUT2D eigenvalue weighted by Crippen LogP contribution is 2.34. The summed E-state index contributed by atoms with van der Waals surface area (Å²) in [5, 5.41) is 1.96. The molecule has 0 spiro atoms. The number of benzene rings is 2. The summed E-state index contributed by atoms with van der Waals surface area (Å²) in [7, 11) is -3.43. The summed E-state index contributed by atoms with van der Waals surface area (Å²) in [5.74, 6) is -0.951. The van der Waals surface area contributed by atoms with Crippen LogP contribution in [0.5, 0.6) is 0 Å². The van der Waals surface area contributed by atoms with E-state index in [4.69, 9.17) is 0 Å². The number of carbonyl (C=O) groups excluding carboxylic acids is 1. The number of hydrogen-bond acceptors (Lipinski definition) is 3. The normalized spacial score (nSPS) is 16.0. The minimum absolute atomic E-state index is 0.117. The maximum atomic E-state index is 13.3. The van der Waals surface area contributed by atoms with E-state index in [1.807, 2.05) is 0 Å². The van der Waals surface area contributed by atoms with Crippen LogP contribution < -0.4 is 5.32 Å². The molecule has 0 radical (unpaired) electrons. The zero-order chi connectivity index (χ0) is 21.1. The molecule has 1 N–H and O–H groups in total. The molecule has 29 heavy (non-hydrogen) atoms. The van der Waals surface area contributed by atoms with Crippen LogP contribution in [0.25, 0.3) is 5.57 Å². The minimum atomic E-state index is -4.70. The Kier molecular flexibility index (Phi) is 6.12. The number of sulfone groups is 1. The molecule has 1 fully saturated rings. The van der Waals surface area contributed by atoms with Crippen LogP contribution in [-0.4, -0.2) is 25.8 Å². The van der Waals surface area contributed by atoms with Gasteiger partial charge in [-0.2, -0.15) is 13.2 Å². The molecular weight excluding hydrogens is 403 g/mol. The Morgan fingerprint density at radius 2 is 1.55 bits per heavy atom. The first-order valence-corrected chi connectivity index (χ1v) is 10.7. The van der Waals surface area contributed by atoms with E-state index in [0.717, 1.165) is 12.8 Å². The molecule has 2 aromatic carbocycles. The van der Waals surface area contributed by atoms with Gasteiger partial charge in [-0.3, -0.25) is 4.79 Å². The molecule has 1 amide bonds. The van der Waals surface area contributed by atoms with Crippen molar-refractivity contribution in [2.24, 2.45) is 0 Å². The summed E-state index contributed by atoms with van der Waals surface area (Å²) in [6, 6.07) is 12.5. The van der Waals surface area contributed by atoms with Crippen molar-refractivity contribution >= 4 is 27.0 Å². The van der Waals surface area contributed by atoms with Gasteiger partial charge < -0.3 is 5.32 Å². The summed E-state index contributed by atoms with van der Waals surface area (Å²) >= 11 is 0. The SMILES string of the molecule is O=C(/C=C(/c1ccccc1)C(F)(F)F)Nc1ccc(S(=O)(=O)C2CCCC2)cc1. The second-order valence-electron chi connectivity index (χ2n) is 6.89. The van der Waals surface area contributed by atoms with Crippen LogP contribution in [0.2, 0.25) is 0 Å². The van der Waals surface area contributed by atoms with Gasteiger partial charge in [0.05, 0.1) is 15.7 Å². The van der Waals surface area contributed by atoms with Crippen LogP contribution in [0.15, 0.2) is 65.6 Å². The van der Waals surface area contributed by atoms with Crippen LogP contribution in [0.3, 0.4) is 0 Å². The monoisotopic (exact) mass is 423 g/mol. The fourth-order valence-corrected chi connectivity index (χ4v) is 5.23. The van der Waals surface area contributed by atoms with E-state index in [2.05, 4.69) is 5.32 Å². The Morgan fingerprint density at radius 1 is 0.966 bits per heavy atom. The van der Waals surface area contributed by atoms with Gasteiger partial charge in [-0.25, -0.2) is 8.42 Å². The number of hydrogen-bond donors (Lipinski definition) is 1. The Labute approximate surface area is 167 Å². The van der Waals surface area contributed by atoms with Crippen molar-refractivity contribution in [1.82, 2.24) is 0 Å². The van der Waals surface area contributed by atoms with Crippen molar-refractivity contribution in [2.45, 2.75) is 42.0 Å². The Bertz CT molecular complexity index is 992. The Hall–Kier alpha value is -2.61. The molecule has 0 aromatic heterocycles. The van der Waals surface area contributed by atoms with Crippen molar-refractivity contribution in [2.75, 3.05) is 5.32 Å². The van der Waals surface area contributed by atoms with Gasteiger partial charge in [-0.15, -0.1) is 0 Å². The first kappa shape index (κ1) is 21.1. The highest BCUT2D eigenvalue weighted by Gasteiger charge is 2.35. The summed E-state index contributed by atoms with van der Waals surface area (Å²) in [6.07, 6.45) is -1.17. The van der Waals surface area contributed by atoms with E-state index in [1.54, 1.807) is 6.07 Å². The number of anilines is 1. The van der Waals surface area contributed by atoms with E-state index in [9.17, 15) is 26.4 Å². The van der Waals surface area contributed by atoms with E-state index < -0.39 is 32.7 Å². The third-order valence-corrected chi connectivity index (χ3v) is 7.14. The number of carbonyl (C=O) groups is 1. The summed E-state index contributed by atoms with van der Waals surface area (Å²) in [4.78, 5) is 12.3. The van der Waals surface area contributed by atoms with Crippen molar-refractivity contribution < 1.29 is 26.4 Å². The molecular formula is C21H20F3NO3S. The van der Waals surface area contributed by atoms with Gasteiger partial charge in [-0.05, 0) is 42.7 Å². The standard InChI is InChI=1S/C21H20F3NO3S/c22-21(23,24)19(15-6-2-1-3-7-15)14-20(26)25-16-10-12-18(13-11-16)29(27,28)17-8-4-5-9-17/h1-3,6-7,10-14,17H,4-5,8-9H2,(H,25,26)/b19-14-. The zero-order valence-corrected chi connectivity index (χ0v) is 16.3. The molecule has 0 unspecified atom stereocenters. The maximum absolute atomic E-state index is 13.3. The predicted octanol–water partition coefficient (Wildman–Crippen LogP) is 4.99. The lowest BCUT2D eigenvalue weighted by molar-refractivity contribution is -0.112. The number of alkyl halides is 3. The largest absolute Gasteiger partial charge is 0.417 e. The second-order valence-corrected chi connectivity index (χ2v) is 9.11. The number of rotatable bonds is 5. The van der Waals surface area contributed by atoms with E-state index in [-0.39, 0.29) is 16.1 Å². The number of amides is 1. The smallest absolute Gasteiger partial charge is 0.322 e. The fraction of sp³-hybridized carbons (Fsp3) is 0.286. The van der Waals surface area contributed by atoms with Gasteiger partial charge in [0.2, 0.25) is 5.91 Å². The van der Waals surface area contributed by atoms with Crippen molar-refractivity contribution in [3.63, 3.8) is 0 Å². The maximum Gasteiger partial charge on any atom is 0.417 e. The van der Waals surface area contributed by atoms with Gasteiger partial charge in [0.1, 0.15) is 0 Å². The van der Waals surface area contributed by atoms with E-state index in [0.29, 0.717) is 18.9 Å². The third-order valence-electron chi connectivity index (χ3n) is 4.86. The number of nitrogens with one attached hydrogen (secondary N) is 1. The van der Waals surface area contributed by atoms with Crippen molar-refractivity contribution in [1.29, 1.82) is 0 Å². The van der Waals surface area contributed by atoms with Gasteiger partial charge in [0.25, 0.3) is 0 Å². The van der Waals surface area contributed by atoms with Gasteiger partial charge in [0.15, 0.2) is 9.84 Å². The van der Waals surface area contributed by atoms with Crippen LogP contribution in [0.4, 0.5) is 18.9 Å². The van der Waals surface area contributed by atoms with Crippen molar-refractivity contribution in [3.8, 4) is 0 Å². The molecule has 154 valence electrons. The number of halogens is 3. The lowest BCUT2D eigenvalue weighted by atomic mass is 10.1. The molecule has 0 atom stereocenters. The molecule has 8 heteroatoms. The summed E-state index contributed by atoms with van der Waals surface area (Å²) in [5.41, 5.74) is -0.963. The van der Waals surface area contributed by atoms with Crippen LogP contribution in [0, 0.1) is 0 Å². The lowest BCUT2D eigenvalue weighted by Crippen LogP contribution is -2.18. The van der Waals surface area contributed by atoms with Crippen LogP contribution in [0.1, 0.15) is 31.2 Å². The molecule has 2 aromatic rings. The predicted molar refractivity (Wildman–Crippen MR) is 105 cm³/mol. The Morgan fingerprint density at radius 3 is 2.10 bits per heavy atom. The van der Waals surface area contributed by atoms with Crippen LogP contribution in [-0.2, 0) is 14.6 Å². The molecule has 1 aliphatic carbocycles. The topological polar surface area (TPSA) is 63.2 Å². The highest BCUT2D eigenvalue weighted by atomic mass is 32.2. The first-order chi connectivity index (χ1) is 13.7. The Balaban J connectivity index is 1.77. The molecule has 0 heterocycles. The molecule has 0 saturated heterocycles. The average Bonchev–Trinajstić information content (AvgIpc) is 3.22. The fourth-order valence-electron chi connectivity index (χ4n) is 3.38. The summed E-state index contributed by atoms with van der Waals surface area (Å²) < 4.78 is 65.1. The molecule has 3 rings (SSSR count). The molecule has 1 saturated carbocycles. The molecule has 0 bridgehead atoms. The molecule has 1 aliphatic rings. The first-order valence-electron chi connectivity index (χ1n) is 9.17. The molecule has 0 aliphatic heterocycles. The summed E-state index contributed by atoms with van der Waals surface area (Å²) in [6.45, 7) is 0. The molecule has 4 nitrogen and oxygen atoms in total. The minimum Gasteiger partial charge on any atom is -0.322 e. The lowest BCUT2D eigenvalue weighted by Gasteiger charge is -2.13. The average molecular weight is 423 g/mol. The third kappa shape index (κ3) is 5.06. The van der Waals surface area contributed by atoms with Gasteiger partial charge in [0, 0.05) is 11.8 Å². The van der Waals surface area contributed by atoms with Gasteiger partial charge >= 0.3 is 6.18 Å². The van der Waals surface area contributed by atoms with E-state index >= 15 is 0 Å². The quantitative estimate of drug-likeness (QED) is 0.690. The van der Waals surface area contributed by atoms with E-state index in [1.165, 1.54) is 48.5 Å². The zero-order valence-electron chi connectivity index (χ0n) is 15.4. The highest BCUT2D eigenvalue weighted by molar-refractivity contribution is 7.92. The second kappa shape index (κ2) is 8.41.